The number of rotatable bonds is 6. The molecule has 1 aliphatic rings. The molecule has 5 nitrogen and oxygen atoms in total. The fourth-order valence-electron chi connectivity index (χ4n) is 2.43. The Morgan fingerprint density at radius 1 is 1.39 bits per heavy atom. The van der Waals surface area contributed by atoms with Gasteiger partial charge >= 0.3 is 0 Å². The SMILES string of the molecule is CCCNC(=O)C(C)NC1CCCC1S(C)(=O)=O. The normalized spacial score (nSPS) is 25.9. The highest BCUT2D eigenvalue weighted by molar-refractivity contribution is 7.91. The van der Waals surface area contributed by atoms with Gasteiger partial charge in [-0.05, 0) is 26.2 Å². The Morgan fingerprint density at radius 2 is 2.06 bits per heavy atom. The third-order valence-electron chi connectivity index (χ3n) is 3.41. The van der Waals surface area contributed by atoms with E-state index in [4.69, 9.17) is 0 Å². The van der Waals surface area contributed by atoms with Gasteiger partial charge in [-0.15, -0.1) is 0 Å². The van der Waals surface area contributed by atoms with Crippen molar-refractivity contribution in [1.29, 1.82) is 0 Å². The first-order valence-corrected chi connectivity index (χ1v) is 8.54. The molecule has 1 fully saturated rings. The third-order valence-corrected chi connectivity index (χ3v) is 5.07. The van der Waals surface area contributed by atoms with Gasteiger partial charge in [0.05, 0.1) is 11.3 Å². The van der Waals surface area contributed by atoms with Crippen molar-refractivity contribution in [2.75, 3.05) is 12.8 Å². The van der Waals surface area contributed by atoms with Gasteiger partial charge in [0.25, 0.3) is 0 Å². The Morgan fingerprint density at radius 3 is 2.61 bits per heavy atom. The molecule has 0 aromatic heterocycles. The zero-order chi connectivity index (χ0) is 13.8. The summed E-state index contributed by atoms with van der Waals surface area (Å²) in [5.41, 5.74) is 0. The summed E-state index contributed by atoms with van der Waals surface area (Å²) in [6.07, 6.45) is 4.59. The lowest BCUT2D eigenvalue weighted by atomic mass is 10.2. The predicted molar refractivity (Wildman–Crippen MR) is 72.2 cm³/mol. The molecule has 0 saturated heterocycles. The maximum atomic E-state index is 11.7. The Bertz CT molecular complexity index is 381. The lowest BCUT2D eigenvalue weighted by Crippen LogP contribution is -2.50. The highest BCUT2D eigenvalue weighted by atomic mass is 32.2. The molecule has 18 heavy (non-hydrogen) atoms. The van der Waals surface area contributed by atoms with E-state index in [1.54, 1.807) is 6.92 Å². The van der Waals surface area contributed by atoms with Crippen molar-refractivity contribution in [3.63, 3.8) is 0 Å². The average Bonchev–Trinajstić information content (AvgIpc) is 2.73. The van der Waals surface area contributed by atoms with E-state index >= 15 is 0 Å². The summed E-state index contributed by atoms with van der Waals surface area (Å²) in [5, 5.41) is 5.61. The molecule has 1 rings (SSSR count). The third kappa shape index (κ3) is 4.24. The number of carbonyl (C=O) groups is 1. The van der Waals surface area contributed by atoms with Crippen LogP contribution in [0.4, 0.5) is 0 Å². The maximum Gasteiger partial charge on any atom is 0.236 e. The van der Waals surface area contributed by atoms with Crippen LogP contribution in [0.2, 0.25) is 0 Å². The molecular formula is C12H24N2O3S. The van der Waals surface area contributed by atoms with E-state index in [-0.39, 0.29) is 23.2 Å². The van der Waals surface area contributed by atoms with Gasteiger partial charge < -0.3 is 10.6 Å². The molecule has 3 unspecified atom stereocenters. The first-order chi connectivity index (χ1) is 8.36. The summed E-state index contributed by atoms with van der Waals surface area (Å²) in [4.78, 5) is 11.7. The molecule has 0 radical (unpaired) electrons. The molecular weight excluding hydrogens is 252 g/mol. The van der Waals surface area contributed by atoms with Crippen LogP contribution in [0, 0.1) is 0 Å². The van der Waals surface area contributed by atoms with Crippen LogP contribution in [0.3, 0.4) is 0 Å². The second-order valence-electron chi connectivity index (χ2n) is 5.08. The van der Waals surface area contributed by atoms with Gasteiger partial charge in [0.1, 0.15) is 0 Å². The van der Waals surface area contributed by atoms with E-state index in [0.29, 0.717) is 13.0 Å². The van der Waals surface area contributed by atoms with Crippen LogP contribution in [-0.2, 0) is 14.6 Å². The number of hydrogen-bond donors (Lipinski definition) is 2. The predicted octanol–water partition coefficient (Wildman–Crippen LogP) is 0.456. The van der Waals surface area contributed by atoms with Gasteiger partial charge in [0.15, 0.2) is 9.84 Å². The average molecular weight is 276 g/mol. The topological polar surface area (TPSA) is 75.3 Å². The molecule has 106 valence electrons. The van der Waals surface area contributed by atoms with Gasteiger partial charge in [0.2, 0.25) is 5.91 Å². The largest absolute Gasteiger partial charge is 0.355 e. The van der Waals surface area contributed by atoms with Crippen molar-refractivity contribution in [2.24, 2.45) is 0 Å². The fourth-order valence-corrected chi connectivity index (χ4v) is 3.83. The Hall–Kier alpha value is -0.620. The zero-order valence-electron chi connectivity index (χ0n) is 11.4. The first kappa shape index (κ1) is 15.4. The Labute approximate surface area is 110 Å². The monoisotopic (exact) mass is 276 g/mol. The molecule has 1 amide bonds. The van der Waals surface area contributed by atoms with E-state index in [1.807, 2.05) is 6.92 Å². The molecule has 0 heterocycles. The van der Waals surface area contributed by atoms with Gasteiger partial charge in [-0.25, -0.2) is 8.42 Å². The highest BCUT2D eigenvalue weighted by Gasteiger charge is 2.35. The van der Waals surface area contributed by atoms with E-state index in [2.05, 4.69) is 10.6 Å². The van der Waals surface area contributed by atoms with Gasteiger partial charge in [-0.3, -0.25) is 4.79 Å². The molecule has 2 N–H and O–H groups in total. The van der Waals surface area contributed by atoms with E-state index in [9.17, 15) is 13.2 Å². The molecule has 3 atom stereocenters. The van der Waals surface area contributed by atoms with Crippen molar-refractivity contribution < 1.29 is 13.2 Å². The second-order valence-corrected chi connectivity index (χ2v) is 7.35. The van der Waals surface area contributed by atoms with Crippen LogP contribution < -0.4 is 10.6 Å². The zero-order valence-corrected chi connectivity index (χ0v) is 12.2. The van der Waals surface area contributed by atoms with Crippen LogP contribution in [0.5, 0.6) is 0 Å². The van der Waals surface area contributed by atoms with E-state index in [1.165, 1.54) is 6.26 Å². The molecule has 0 spiro atoms. The molecule has 1 aliphatic carbocycles. The van der Waals surface area contributed by atoms with Crippen molar-refractivity contribution in [3.8, 4) is 0 Å². The summed E-state index contributed by atoms with van der Waals surface area (Å²) in [7, 11) is -3.03. The number of nitrogens with one attached hydrogen (secondary N) is 2. The molecule has 1 saturated carbocycles. The lowest BCUT2D eigenvalue weighted by Gasteiger charge is -2.23. The highest BCUT2D eigenvalue weighted by Crippen LogP contribution is 2.25. The van der Waals surface area contributed by atoms with Crippen LogP contribution in [0.1, 0.15) is 39.5 Å². The minimum Gasteiger partial charge on any atom is -0.355 e. The van der Waals surface area contributed by atoms with Crippen LogP contribution in [-0.4, -0.2) is 44.5 Å². The van der Waals surface area contributed by atoms with Crippen LogP contribution >= 0.6 is 0 Å². The Kier molecular flexibility index (Phi) is 5.59. The molecule has 6 heteroatoms. The smallest absolute Gasteiger partial charge is 0.236 e. The molecule has 0 aromatic rings. The van der Waals surface area contributed by atoms with Crippen molar-refractivity contribution in [3.05, 3.63) is 0 Å². The number of carbonyl (C=O) groups excluding carboxylic acids is 1. The van der Waals surface area contributed by atoms with Crippen molar-refractivity contribution >= 4 is 15.7 Å². The standard InChI is InChI=1S/C12H24N2O3S/c1-4-8-13-12(15)9(2)14-10-6-5-7-11(10)18(3,16)17/h9-11,14H,4-8H2,1-3H3,(H,13,15). The number of amides is 1. The minimum absolute atomic E-state index is 0.0593. The number of hydrogen-bond acceptors (Lipinski definition) is 4. The molecule has 0 aromatic carbocycles. The van der Waals surface area contributed by atoms with Crippen molar-refractivity contribution in [2.45, 2.75) is 56.9 Å². The van der Waals surface area contributed by atoms with Crippen molar-refractivity contribution in [1.82, 2.24) is 10.6 Å². The van der Waals surface area contributed by atoms with Gasteiger partial charge in [-0.2, -0.15) is 0 Å². The minimum atomic E-state index is -3.03. The fraction of sp³-hybridized carbons (Fsp3) is 0.917. The van der Waals surface area contributed by atoms with Crippen LogP contribution in [0.15, 0.2) is 0 Å². The van der Waals surface area contributed by atoms with E-state index in [0.717, 1.165) is 19.3 Å². The maximum absolute atomic E-state index is 11.7. The summed E-state index contributed by atoms with van der Waals surface area (Å²) < 4.78 is 23.3. The quantitative estimate of drug-likeness (QED) is 0.739. The second kappa shape index (κ2) is 6.52. The summed E-state index contributed by atoms with van der Waals surface area (Å²) in [6, 6.07) is -0.439. The molecule has 0 bridgehead atoms. The lowest BCUT2D eigenvalue weighted by molar-refractivity contribution is -0.122. The van der Waals surface area contributed by atoms with Gasteiger partial charge in [-0.1, -0.05) is 13.3 Å². The number of sulfone groups is 1. The van der Waals surface area contributed by atoms with Gasteiger partial charge in [0, 0.05) is 18.8 Å². The first-order valence-electron chi connectivity index (χ1n) is 6.59. The summed E-state index contributed by atoms with van der Waals surface area (Å²) in [5.74, 6) is -0.0593. The summed E-state index contributed by atoms with van der Waals surface area (Å²) >= 11 is 0. The molecule has 0 aliphatic heterocycles. The van der Waals surface area contributed by atoms with Crippen LogP contribution in [0.25, 0.3) is 0 Å². The summed E-state index contributed by atoms with van der Waals surface area (Å²) in [6.45, 7) is 4.43. The van der Waals surface area contributed by atoms with E-state index < -0.39 is 9.84 Å². The Balaban J connectivity index is 2.53.